The Morgan fingerprint density at radius 1 is 1.28 bits per heavy atom. The van der Waals surface area contributed by atoms with E-state index in [1.807, 2.05) is 6.07 Å². The number of pyridine rings is 1. The quantitative estimate of drug-likeness (QED) is 0.856. The normalized spacial score (nSPS) is 22.6. The predicted molar refractivity (Wildman–Crippen MR) is 72.4 cm³/mol. The van der Waals surface area contributed by atoms with Crippen molar-refractivity contribution in [2.24, 2.45) is 0 Å². The Labute approximate surface area is 114 Å². The molecule has 18 heavy (non-hydrogen) atoms. The van der Waals surface area contributed by atoms with Crippen LogP contribution >= 0.6 is 15.9 Å². The largest absolute Gasteiger partial charge is 0.397 e. The lowest BCUT2D eigenvalue weighted by atomic mass is 10.0. The Morgan fingerprint density at radius 3 is 2.56 bits per heavy atom. The highest BCUT2D eigenvalue weighted by atomic mass is 79.9. The first-order chi connectivity index (χ1) is 8.69. The molecule has 1 aromatic heterocycles. The molecule has 0 aliphatic carbocycles. The van der Waals surface area contributed by atoms with Crippen LogP contribution in [0.3, 0.4) is 0 Å². The molecule has 2 fully saturated rings. The van der Waals surface area contributed by atoms with Crippen LogP contribution in [0.5, 0.6) is 0 Å². The van der Waals surface area contributed by atoms with Crippen molar-refractivity contribution in [1.29, 1.82) is 0 Å². The summed E-state index contributed by atoms with van der Waals surface area (Å²) in [6.07, 6.45) is 3.45. The van der Waals surface area contributed by atoms with E-state index in [1.54, 1.807) is 6.20 Å². The number of hydrogen-bond donors (Lipinski definition) is 1. The Morgan fingerprint density at radius 2 is 1.94 bits per heavy atom. The summed E-state index contributed by atoms with van der Waals surface area (Å²) in [6, 6.07) is 1.88. The van der Waals surface area contributed by atoms with Crippen molar-refractivity contribution in [3.63, 3.8) is 0 Å². The van der Waals surface area contributed by atoms with Crippen molar-refractivity contribution in [2.45, 2.75) is 18.6 Å². The summed E-state index contributed by atoms with van der Waals surface area (Å²) in [6.45, 7) is 3.19. The number of piperidine rings is 1. The summed E-state index contributed by atoms with van der Waals surface area (Å²) in [5.74, 6) is 0.605. The third kappa shape index (κ3) is 2.20. The molecule has 0 saturated carbocycles. The minimum atomic E-state index is -0.337. The number of anilines is 2. The SMILES string of the molecule is Nc1cnc(N2CCC3(CC2)OCCO3)c(Br)c1. The van der Waals surface area contributed by atoms with E-state index in [4.69, 9.17) is 15.2 Å². The van der Waals surface area contributed by atoms with Gasteiger partial charge in [0.05, 0.1) is 29.6 Å². The summed E-state index contributed by atoms with van der Waals surface area (Å²) in [5.41, 5.74) is 6.37. The van der Waals surface area contributed by atoms with E-state index in [0.717, 1.165) is 36.2 Å². The van der Waals surface area contributed by atoms with Crippen LogP contribution in [0.25, 0.3) is 0 Å². The number of ether oxygens (including phenoxy) is 2. The number of aromatic nitrogens is 1. The van der Waals surface area contributed by atoms with Crippen LogP contribution in [-0.4, -0.2) is 37.1 Å². The highest BCUT2D eigenvalue weighted by molar-refractivity contribution is 9.10. The molecule has 1 aromatic rings. The lowest BCUT2D eigenvalue weighted by Gasteiger charge is -2.38. The van der Waals surface area contributed by atoms with Gasteiger partial charge in [-0.2, -0.15) is 0 Å². The molecule has 0 radical (unpaired) electrons. The first-order valence-corrected chi connectivity index (χ1v) is 6.92. The van der Waals surface area contributed by atoms with Crippen molar-refractivity contribution in [2.75, 3.05) is 36.9 Å². The van der Waals surface area contributed by atoms with E-state index >= 15 is 0 Å². The maximum absolute atomic E-state index is 5.71. The molecule has 2 aliphatic rings. The molecule has 0 bridgehead atoms. The summed E-state index contributed by atoms with van der Waals surface area (Å²) in [7, 11) is 0. The van der Waals surface area contributed by atoms with E-state index in [0.29, 0.717) is 18.9 Å². The van der Waals surface area contributed by atoms with E-state index in [-0.39, 0.29) is 5.79 Å². The Kier molecular flexibility index (Phi) is 3.17. The fraction of sp³-hybridized carbons (Fsp3) is 0.583. The third-order valence-corrected chi connectivity index (χ3v) is 4.06. The second kappa shape index (κ2) is 4.68. The van der Waals surface area contributed by atoms with Crippen LogP contribution in [0, 0.1) is 0 Å². The standard InChI is InChI=1S/C12H16BrN3O2/c13-10-7-9(14)8-15-11(10)16-3-1-12(2-4-16)17-5-6-18-12/h7-8H,1-6,14H2. The van der Waals surface area contributed by atoms with Crippen molar-refractivity contribution in [3.05, 3.63) is 16.7 Å². The van der Waals surface area contributed by atoms with Crippen LogP contribution in [-0.2, 0) is 9.47 Å². The molecule has 5 nitrogen and oxygen atoms in total. The van der Waals surface area contributed by atoms with Gasteiger partial charge < -0.3 is 20.1 Å². The van der Waals surface area contributed by atoms with Gasteiger partial charge in [0.25, 0.3) is 0 Å². The van der Waals surface area contributed by atoms with Gasteiger partial charge in [-0.05, 0) is 22.0 Å². The molecular formula is C12H16BrN3O2. The molecule has 98 valence electrons. The monoisotopic (exact) mass is 313 g/mol. The van der Waals surface area contributed by atoms with Crippen LogP contribution in [0.1, 0.15) is 12.8 Å². The average molecular weight is 314 g/mol. The number of halogens is 1. The minimum absolute atomic E-state index is 0.337. The Balaban J connectivity index is 1.72. The van der Waals surface area contributed by atoms with Crippen LogP contribution in [0.15, 0.2) is 16.7 Å². The van der Waals surface area contributed by atoms with Crippen LogP contribution in [0.4, 0.5) is 11.5 Å². The van der Waals surface area contributed by atoms with E-state index in [9.17, 15) is 0 Å². The second-order valence-electron chi connectivity index (χ2n) is 4.67. The highest BCUT2D eigenvalue weighted by Crippen LogP contribution is 2.34. The molecule has 3 rings (SSSR count). The molecule has 3 heterocycles. The topological polar surface area (TPSA) is 60.6 Å². The van der Waals surface area contributed by atoms with Crippen LogP contribution in [0.2, 0.25) is 0 Å². The van der Waals surface area contributed by atoms with Crippen molar-refractivity contribution >= 4 is 27.4 Å². The van der Waals surface area contributed by atoms with Gasteiger partial charge in [0.2, 0.25) is 0 Å². The zero-order chi connectivity index (χ0) is 12.6. The predicted octanol–water partition coefficient (Wildman–Crippen LogP) is 1.77. The van der Waals surface area contributed by atoms with Gasteiger partial charge in [-0.1, -0.05) is 0 Å². The van der Waals surface area contributed by atoms with Gasteiger partial charge in [-0.15, -0.1) is 0 Å². The molecule has 6 heteroatoms. The molecule has 0 unspecified atom stereocenters. The molecule has 0 atom stereocenters. The Hall–Kier alpha value is -0.850. The molecule has 0 aromatic carbocycles. The van der Waals surface area contributed by atoms with E-state index in [2.05, 4.69) is 25.8 Å². The lowest BCUT2D eigenvalue weighted by molar-refractivity contribution is -0.169. The van der Waals surface area contributed by atoms with Crippen molar-refractivity contribution in [3.8, 4) is 0 Å². The number of nitrogen functional groups attached to an aromatic ring is 1. The molecule has 0 amide bonds. The fourth-order valence-corrected chi connectivity index (χ4v) is 3.14. The number of hydrogen-bond acceptors (Lipinski definition) is 5. The van der Waals surface area contributed by atoms with Crippen molar-refractivity contribution in [1.82, 2.24) is 4.98 Å². The van der Waals surface area contributed by atoms with E-state index < -0.39 is 0 Å². The Bertz CT molecular complexity index is 439. The first-order valence-electron chi connectivity index (χ1n) is 6.12. The van der Waals surface area contributed by atoms with Gasteiger partial charge >= 0.3 is 0 Å². The number of nitrogens with two attached hydrogens (primary N) is 1. The molecule has 1 spiro atoms. The minimum Gasteiger partial charge on any atom is -0.397 e. The molecule has 2 aliphatic heterocycles. The third-order valence-electron chi connectivity index (χ3n) is 3.48. The van der Waals surface area contributed by atoms with Gasteiger partial charge in [-0.25, -0.2) is 4.98 Å². The summed E-state index contributed by atoms with van der Waals surface area (Å²) in [5, 5.41) is 0. The fourth-order valence-electron chi connectivity index (χ4n) is 2.52. The second-order valence-corrected chi connectivity index (χ2v) is 5.52. The van der Waals surface area contributed by atoms with Gasteiger partial charge in [0.1, 0.15) is 5.82 Å². The number of nitrogens with zero attached hydrogens (tertiary/aromatic N) is 2. The summed E-state index contributed by atoms with van der Waals surface area (Å²) >= 11 is 3.51. The average Bonchev–Trinajstić information content (AvgIpc) is 2.80. The van der Waals surface area contributed by atoms with Gasteiger partial charge in [0.15, 0.2) is 5.79 Å². The maximum atomic E-state index is 5.71. The molecule has 2 saturated heterocycles. The lowest BCUT2D eigenvalue weighted by Crippen LogP contribution is -2.45. The maximum Gasteiger partial charge on any atom is 0.171 e. The number of rotatable bonds is 1. The summed E-state index contributed by atoms with van der Waals surface area (Å²) in [4.78, 5) is 6.62. The van der Waals surface area contributed by atoms with E-state index in [1.165, 1.54) is 0 Å². The first kappa shape index (κ1) is 12.2. The smallest absolute Gasteiger partial charge is 0.171 e. The zero-order valence-electron chi connectivity index (χ0n) is 10.1. The van der Waals surface area contributed by atoms with Crippen LogP contribution < -0.4 is 10.6 Å². The highest BCUT2D eigenvalue weighted by Gasteiger charge is 2.40. The summed E-state index contributed by atoms with van der Waals surface area (Å²) < 4.78 is 12.4. The van der Waals surface area contributed by atoms with Crippen molar-refractivity contribution < 1.29 is 9.47 Å². The van der Waals surface area contributed by atoms with Gasteiger partial charge in [-0.3, -0.25) is 0 Å². The molecular weight excluding hydrogens is 298 g/mol. The molecule has 2 N–H and O–H groups in total. The zero-order valence-corrected chi connectivity index (χ0v) is 11.6. The van der Waals surface area contributed by atoms with Gasteiger partial charge in [0, 0.05) is 25.9 Å².